The van der Waals surface area contributed by atoms with E-state index in [0.717, 1.165) is 32.8 Å². The maximum Gasteiger partial charge on any atom is 0.197 e. The molecule has 0 aliphatic heterocycles. The second-order valence-corrected chi connectivity index (χ2v) is 18.0. The summed E-state index contributed by atoms with van der Waals surface area (Å²) < 4.78 is 4.86. The summed E-state index contributed by atoms with van der Waals surface area (Å²) in [6.45, 7) is 0. The molecule has 6 aliphatic carbocycles. The van der Waals surface area contributed by atoms with Crippen molar-refractivity contribution >= 4 is 43.6 Å². The van der Waals surface area contributed by atoms with E-state index < -0.39 is 0 Å². The smallest absolute Gasteiger partial charge is 0.197 e. The molecule has 266 valence electrons. The Bertz CT molecular complexity index is 2660. The normalized spacial score (nSPS) is 20.1. The van der Waals surface area contributed by atoms with Crippen LogP contribution in [0.15, 0.2) is 94.5 Å². The second kappa shape index (κ2) is 10.8. The first kappa shape index (κ1) is 30.4. The predicted octanol–water partition coefficient (Wildman–Crippen LogP) is 11.9. The highest BCUT2D eigenvalue weighted by molar-refractivity contribution is 6.05. The molecular formula is C50H44N2O2. The van der Waals surface area contributed by atoms with Gasteiger partial charge in [0, 0.05) is 21.5 Å². The summed E-state index contributed by atoms with van der Waals surface area (Å²) in [5.74, 6) is 3.56. The lowest BCUT2D eigenvalue weighted by atomic mass is 9.93. The Balaban J connectivity index is 1.19. The Hall–Kier alpha value is -4.96. The van der Waals surface area contributed by atoms with Crippen molar-refractivity contribution < 1.29 is 0 Å². The number of hydrogen-bond acceptors (Lipinski definition) is 2. The fourth-order valence-electron chi connectivity index (χ4n) is 10.1. The van der Waals surface area contributed by atoms with Gasteiger partial charge < -0.3 is 9.13 Å². The van der Waals surface area contributed by atoms with Gasteiger partial charge in [0.05, 0.1) is 33.4 Å². The van der Waals surface area contributed by atoms with E-state index >= 15 is 0 Å². The molecule has 6 saturated carbocycles. The first-order valence-corrected chi connectivity index (χ1v) is 21.0. The third-order valence-corrected chi connectivity index (χ3v) is 13.9. The van der Waals surface area contributed by atoms with Crippen LogP contribution >= 0.6 is 0 Å². The number of pyridine rings is 2. The number of hydrogen-bond donors (Lipinski definition) is 0. The van der Waals surface area contributed by atoms with E-state index in [1.807, 2.05) is 24.3 Å². The number of para-hydroxylation sites is 2. The SMILES string of the molecule is O=c1c2ccccc2n(-c2c(C3CC3)cc(C3CC3)cc2C2CC2)c2cc3c(=O)c4ccccc4n(-c4c(C5CC5)cc(C5CC5)cc4C4CC4)c3cc12. The standard InChI is InChI=1S/C50H44N2O2/c53-49-35-5-1-3-7-43(35)51(47-37(29-13-14-29)21-33(27-9-10-27)22-38(47)30-15-16-30)45-26-42-46(25-41(45)49)52(44-8-4-2-6-36(44)50(42)54)48-39(31-17-18-31)23-34(28-11-12-28)24-40(48)32-19-20-32/h1-8,21-32H,9-20H2. The van der Waals surface area contributed by atoms with Crippen LogP contribution in [-0.4, -0.2) is 9.13 Å². The van der Waals surface area contributed by atoms with Gasteiger partial charge in [0.15, 0.2) is 10.9 Å². The van der Waals surface area contributed by atoms with E-state index in [1.54, 1.807) is 0 Å². The van der Waals surface area contributed by atoms with Gasteiger partial charge in [-0.2, -0.15) is 0 Å². The average molecular weight is 705 g/mol. The van der Waals surface area contributed by atoms with Crippen LogP contribution in [0.25, 0.3) is 55.0 Å². The summed E-state index contributed by atoms with van der Waals surface area (Å²) in [6.07, 6.45) is 14.9. The van der Waals surface area contributed by atoms with E-state index in [9.17, 15) is 9.59 Å². The van der Waals surface area contributed by atoms with Crippen molar-refractivity contribution in [3.8, 4) is 11.4 Å². The molecule has 13 rings (SSSR count). The summed E-state index contributed by atoms with van der Waals surface area (Å²) in [6, 6.07) is 30.8. The molecule has 0 amide bonds. The zero-order chi connectivity index (χ0) is 35.4. The highest BCUT2D eigenvalue weighted by atomic mass is 16.1. The van der Waals surface area contributed by atoms with Crippen molar-refractivity contribution in [3.05, 3.63) is 139 Å². The molecule has 6 aliphatic rings. The van der Waals surface area contributed by atoms with Crippen LogP contribution < -0.4 is 10.9 Å². The minimum atomic E-state index is 0.0513. The number of fused-ring (bicyclic) bond motifs is 4. The fourth-order valence-corrected chi connectivity index (χ4v) is 10.1. The molecule has 4 nitrogen and oxygen atoms in total. The third-order valence-electron chi connectivity index (χ3n) is 13.9. The van der Waals surface area contributed by atoms with Gasteiger partial charge in [-0.25, -0.2) is 0 Å². The quantitative estimate of drug-likeness (QED) is 0.148. The summed E-state index contributed by atoms with van der Waals surface area (Å²) in [4.78, 5) is 29.8. The van der Waals surface area contributed by atoms with Crippen molar-refractivity contribution in [2.24, 2.45) is 0 Å². The topological polar surface area (TPSA) is 44.0 Å². The van der Waals surface area contributed by atoms with Crippen molar-refractivity contribution in [1.82, 2.24) is 9.13 Å². The average Bonchev–Trinajstić information content (AvgIpc) is 4.00. The van der Waals surface area contributed by atoms with E-state index in [1.165, 1.54) is 122 Å². The fraction of sp³-hybridized carbons (Fsp3) is 0.360. The molecule has 7 aromatic rings. The first-order chi connectivity index (χ1) is 26.6. The Morgan fingerprint density at radius 3 is 0.981 bits per heavy atom. The van der Waals surface area contributed by atoms with Gasteiger partial charge in [0.1, 0.15) is 0 Å². The summed E-state index contributed by atoms with van der Waals surface area (Å²) in [5.41, 5.74) is 15.1. The van der Waals surface area contributed by atoms with Gasteiger partial charge >= 0.3 is 0 Å². The Morgan fingerprint density at radius 1 is 0.352 bits per heavy atom. The number of aromatic nitrogens is 2. The Labute approximate surface area is 314 Å². The largest absolute Gasteiger partial charge is 0.308 e. The maximum atomic E-state index is 14.9. The van der Waals surface area contributed by atoms with E-state index in [0.29, 0.717) is 46.3 Å². The summed E-state index contributed by atoms with van der Waals surface area (Å²) in [5, 5.41) is 2.91. The number of benzene rings is 5. The van der Waals surface area contributed by atoms with Crippen LogP contribution in [0, 0.1) is 0 Å². The van der Waals surface area contributed by atoms with Crippen molar-refractivity contribution in [2.75, 3.05) is 0 Å². The van der Waals surface area contributed by atoms with E-state index in [4.69, 9.17) is 0 Å². The number of rotatable bonds is 8. The summed E-state index contributed by atoms with van der Waals surface area (Å²) in [7, 11) is 0. The second-order valence-electron chi connectivity index (χ2n) is 18.0. The van der Waals surface area contributed by atoms with Crippen molar-refractivity contribution in [1.29, 1.82) is 0 Å². The molecule has 0 unspecified atom stereocenters. The van der Waals surface area contributed by atoms with Crippen LogP contribution in [0.1, 0.15) is 146 Å². The maximum absolute atomic E-state index is 14.9. The van der Waals surface area contributed by atoms with E-state index in [2.05, 4.69) is 69.8 Å². The lowest BCUT2D eigenvalue weighted by molar-refractivity contribution is 0.969. The van der Waals surface area contributed by atoms with Crippen LogP contribution in [0.2, 0.25) is 0 Å². The highest BCUT2D eigenvalue weighted by Gasteiger charge is 2.38. The molecule has 2 aromatic heterocycles. The lowest BCUT2D eigenvalue weighted by Gasteiger charge is -2.25. The van der Waals surface area contributed by atoms with Crippen LogP contribution in [0.3, 0.4) is 0 Å². The molecular weight excluding hydrogens is 661 g/mol. The van der Waals surface area contributed by atoms with Gasteiger partial charge in [-0.15, -0.1) is 0 Å². The molecule has 2 heterocycles. The lowest BCUT2D eigenvalue weighted by Crippen LogP contribution is -2.17. The monoisotopic (exact) mass is 704 g/mol. The van der Waals surface area contributed by atoms with Crippen molar-refractivity contribution in [2.45, 2.75) is 113 Å². The molecule has 4 heteroatoms. The molecule has 0 atom stereocenters. The molecule has 0 N–H and O–H groups in total. The minimum Gasteiger partial charge on any atom is -0.308 e. The van der Waals surface area contributed by atoms with Gasteiger partial charge in [0.2, 0.25) is 0 Å². The molecule has 0 radical (unpaired) electrons. The van der Waals surface area contributed by atoms with Gasteiger partial charge in [0.25, 0.3) is 0 Å². The Kier molecular flexibility index (Phi) is 6.10. The van der Waals surface area contributed by atoms with Crippen molar-refractivity contribution in [3.63, 3.8) is 0 Å². The predicted molar refractivity (Wildman–Crippen MR) is 220 cm³/mol. The highest BCUT2D eigenvalue weighted by Crippen LogP contribution is 2.55. The Morgan fingerprint density at radius 2 is 0.667 bits per heavy atom. The van der Waals surface area contributed by atoms with Crippen LogP contribution in [0.5, 0.6) is 0 Å². The minimum absolute atomic E-state index is 0.0513. The molecule has 54 heavy (non-hydrogen) atoms. The molecule has 5 aromatic carbocycles. The molecule has 0 saturated heterocycles. The van der Waals surface area contributed by atoms with Gasteiger partial charge in [-0.05, 0) is 182 Å². The zero-order valence-corrected chi connectivity index (χ0v) is 30.7. The zero-order valence-electron chi connectivity index (χ0n) is 30.7. The summed E-state index contributed by atoms with van der Waals surface area (Å²) >= 11 is 0. The van der Waals surface area contributed by atoms with E-state index in [-0.39, 0.29) is 10.9 Å². The first-order valence-electron chi connectivity index (χ1n) is 21.0. The van der Waals surface area contributed by atoms with Crippen LogP contribution in [0.4, 0.5) is 0 Å². The molecule has 6 fully saturated rings. The number of nitrogens with zero attached hydrogens (tertiary/aromatic N) is 2. The van der Waals surface area contributed by atoms with Gasteiger partial charge in [-0.3, -0.25) is 9.59 Å². The third kappa shape index (κ3) is 4.61. The van der Waals surface area contributed by atoms with Crippen LogP contribution in [-0.2, 0) is 0 Å². The van der Waals surface area contributed by atoms with Gasteiger partial charge in [-0.1, -0.05) is 48.5 Å². The molecule has 0 bridgehead atoms. The molecule has 0 spiro atoms.